The minimum Gasteiger partial charge on any atom is -0.383 e. The van der Waals surface area contributed by atoms with Crippen LogP contribution in [0.15, 0.2) is 32.9 Å². The maximum atomic E-state index is 5.89. The normalized spacial score (nSPS) is 10.6. The lowest BCUT2D eigenvalue weighted by Crippen LogP contribution is -2.03. The first-order valence-electron chi connectivity index (χ1n) is 5.53. The highest BCUT2D eigenvalue weighted by atomic mass is 79.9. The van der Waals surface area contributed by atoms with Crippen LogP contribution in [0.5, 0.6) is 0 Å². The summed E-state index contributed by atoms with van der Waals surface area (Å²) in [7, 11) is 0. The molecule has 0 aliphatic rings. The largest absolute Gasteiger partial charge is 0.383 e. The van der Waals surface area contributed by atoms with Crippen molar-refractivity contribution in [3.8, 4) is 0 Å². The molecule has 2 aromatic heterocycles. The van der Waals surface area contributed by atoms with E-state index < -0.39 is 0 Å². The summed E-state index contributed by atoms with van der Waals surface area (Å²) < 4.78 is 0.949. The fourth-order valence-electron chi connectivity index (χ4n) is 1.35. The average molecular weight is 325 g/mol. The Bertz CT molecular complexity index is 574. The Labute approximate surface area is 119 Å². The molecule has 0 aromatic carbocycles. The Morgan fingerprint density at radius 1 is 1.33 bits per heavy atom. The van der Waals surface area contributed by atoms with Crippen LogP contribution in [0.4, 0.5) is 5.82 Å². The van der Waals surface area contributed by atoms with E-state index in [2.05, 4.69) is 30.9 Å². The number of rotatable bonds is 3. The van der Waals surface area contributed by atoms with Gasteiger partial charge in [0.25, 0.3) is 0 Å². The average Bonchev–Trinajstić information content (AvgIpc) is 2.37. The van der Waals surface area contributed by atoms with Gasteiger partial charge in [-0.1, -0.05) is 6.92 Å². The molecule has 0 atom stereocenters. The lowest BCUT2D eigenvalue weighted by molar-refractivity contribution is 0.876. The zero-order valence-electron chi connectivity index (χ0n) is 10.1. The van der Waals surface area contributed by atoms with Gasteiger partial charge in [-0.25, -0.2) is 15.0 Å². The fraction of sp³-hybridized carbons (Fsp3) is 0.250. The highest BCUT2D eigenvalue weighted by Crippen LogP contribution is 2.33. The van der Waals surface area contributed by atoms with Crippen molar-refractivity contribution in [3.05, 3.63) is 34.2 Å². The highest BCUT2D eigenvalue weighted by molar-refractivity contribution is 9.10. The molecule has 0 amide bonds. The first kappa shape index (κ1) is 13.3. The van der Waals surface area contributed by atoms with E-state index >= 15 is 0 Å². The number of anilines is 1. The van der Waals surface area contributed by atoms with Gasteiger partial charge >= 0.3 is 0 Å². The number of aromatic nitrogens is 3. The molecule has 2 heterocycles. The Kier molecular flexibility index (Phi) is 4.19. The summed E-state index contributed by atoms with van der Waals surface area (Å²) in [6, 6.07) is 3.84. The highest BCUT2D eigenvalue weighted by Gasteiger charge is 2.11. The van der Waals surface area contributed by atoms with Gasteiger partial charge in [0, 0.05) is 18.2 Å². The minimum atomic E-state index is 0.538. The van der Waals surface area contributed by atoms with Gasteiger partial charge in [0.15, 0.2) is 0 Å². The second kappa shape index (κ2) is 5.67. The SMILES string of the molecule is CCc1nc(N)c(C)c(Sc2ncccc2Br)n1. The molecule has 0 saturated carbocycles. The molecular formula is C12H13BrN4S. The van der Waals surface area contributed by atoms with Gasteiger partial charge < -0.3 is 5.73 Å². The van der Waals surface area contributed by atoms with Crippen molar-refractivity contribution < 1.29 is 0 Å². The predicted octanol–water partition coefficient (Wildman–Crippen LogP) is 3.24. The summed E-state index contributed by atoms with van der Waals surface area (Å²) >= 11 is 4.97. The molecule has 2 rings (SSSR count). The van der Waals surface area contributed by atoms with Gasteiger partial charge in [-0.15, -0.1) is 0 Å². The molecule has 4 nitrogen and oxygen atoms in total. The molecule has 0 bridgehead atoms. The maximum Gasteiger partial charge on any atom is 0.131 e. The number of pyridine rings is 1. The van der Waals surface area contributed by atoms with Crippen LogP contribution in [0.2, 0.25) is 0 Å². The van der Waals surface area contributed by atoms with E-state index in [1.54, 1.807) is 6.20 Å². The summed E-state index contributed by atoms with van der Waals surface area (Å²) in [6.07, 6.45) is 2.52. The molecule has 0 saturated heterocycles. The number of nitrogens with zero attached hydrogens (tertiary/aromatic N) is 3. The molecule has 0 aliphatic heterocycles. The molecule has 6 heteroatoms. The van der Waals surface area contributed by atoms with Crippen molar-refractivity contribution >= 4 is 33.5 Å². The molecule has 0 aliphatic carbocycles. The van der Waals surface area contributed by atoms with Crippen molar-refractivity contribution in [1.82, 2.24) is 15.0 Å². The lowest BCUT2D eigenvalue weighted by Gasteiger charge is -2.09. The summed E-state index contributed by atoms with van der Waals surface area (Å²) in [6.45, 7) is 3.93. The lowest BCUT2D eigenvalue weighted by atomic mass is 10.3. The monoisotopic (exact) mass is 324 g/mol. The van der Waals surface area contributed by atoms with Gasteiger partial charge in [-0.3, -0.25) is 0 Å². The summed E-state index contributed by atoms with van der Waals surface area (Å²) in [5, 5.41) is 1.74. The van der Waals surface area contributed by atoms with E-state index in [-0.39, 0.29) is 0 Å². The number of aryl methyl sites for hydroxylation is 1. The van der Waals surface area contributed by atoms with Crippen LogP contribution in [0, 0.1) is 6.92 Å². The van der Waals surface area contributed by atoms with Gasteiger partial charge in [0.1, 0.15) is 21.7 Å². The van der Waals surface area contributed by atoms with Gasteiger partial charge in [0.05, 0.1) is 4.47 Å². The first-order valence-corrected chi connectivity index (χ1v) is 7.14. The summed E-state index contributed by atoms with van der Waals surface area (Å²) in [4.78, 5) is 13.1. The molecule has 0 unspecified atom stereocenters. The molecule has 2 aromatic rings. The summed E-state index contributed by atoms with van der Waals surface area (Å²) in [5.74, 6) is 1.30. The summed E-state index contributed by atoms with van der Waals surface area (Å²) in [5.41, 5.74) is 6.79. The van der Waals surface area contributed by atoms with Gasteiger partial charge in [0.2, 0.25) is 0 Å². The van der Waals surface area contributed by atoms with E-state index in [1.165, 1.54) is 11.8 Å². The standard InChI is InChI=1S/C12H13BrN4S/c1-3-9-16-10(14)7(2)11(17-9)18-12-8(13)5-4-6-15-12/h4-6H,3H2,1-2H3,(H2,14,16,17). The molecule has 0 fully saturated rings. The third-order valence-corrected chi connectivity index (χ3v) is 4.43. The Morgan fingerprint density at radius 3 is 2.78 bits per heavy atom. The van der Waals surface area contributed by atoms with Crippen LogP contribution in [-0.2, 0) is 6.42 Å². The van der Waals surface area contributed by atoms with Gasteiger partial charge in [-0.2, -0.15) is 0 Å². The van der Waals surface area contributed by atoms with Crippen LogP contribution in [0.25, 0.3) is 0 Å². The first-order chi connectivity index (χ1) is 8.61. The molecule has 94 valence electrons. The minimum absolute atomic E-state index is 0.538. The molecule has 18 heavy (non-hydrogen) atoms. The number of hydrogen-bond donors (Lipinski definition) is 1. The van der Waals surface area contributed by atoms with Crippen molar-refractivity contribution in [2.45, 2.75) is 30.3 Å². The van der Waals surface area contributed by atoms with E-state index in [1.807, 2.05) is 26.0 Å². The Hall–Kier alpha value is -1.14. The van der Waals surface area contributed by atoms with Crippen LogP contribution in [0.1, 0.15) is 18.3 Å². The topological polar surface area (TPSA) is 64.7 Å². The predicted molar refractivity (Wildman–Crippen MR) is 76.6 cm³/mol. The third kappa shape index (κ3) is 2.81. The van der Waals surface area contributed by atoms with Crippen LogP contribution in [-0.4, -0.2) is 15.0 Å². The van der Waals surface area contributed by atoms with Crippen LogP contribution in [0.3, 0.4) is 0 Å². The number of nitrogen functional groups attached to an aromatic ring is 1. The number of nitrogens with two attached hydrogens (primary N) is 1. The second-order valence-electron chi connectivity index (χ2n) is 3.70. The maximum absolute atomic E-state index is 5.89. The van der Waals surface area contributed by atoms with Crippen molar-refractivity contribution in [1.29, 1.82) is 0 Å². The van der Waals surface area contributed by atoms with Crippen LogP contribution >= 0.6 is 27.7 Å². The third-order valence-electron chi connectivity index (χ3n) is 2.42. The van der Waals surface area contributed by atoms with Crippen LogP contribution < -0.4 is 5.73 Å². The van der Waals surface area contributed by atoms with Crippen molar-refractivity contribution in [2.24, 2.45) is 0 Å². The van der Waals surface area contributed by atoms with E-state index in [0.717, 1.165) is 32.3 Å². The van der Waals surface area contributed by atoms with E-state index in [4.69, 9.17) is 5.73 Å². The number of hydrogen-bond acceptors (Lipinski definition) is 5. The molecule has 2 N–H and O–H groups in total. The van der Waals surface area contributed by atoms with Gasteiger partial charge in [-0.05, 0) is 46.7 Å². The fourth-order valence-corrected chi connectivity index (χ4v) is 2.72. The molecule has 0 radical (unpaired) electrons. The Morgan fingerprint density at radius 2 is 2.11 bits per heavy atom. The van der Waals surface area contributed by atoms with E-state index in [0.29, 0.717) is 5.82 Å². The molecular weight excluding hydrogens is 312 g/mol. The second-order valence-corrected chi connectivity index (χ2v) is 5.53. The van der Waals surface area contributed by atoms with Crippen molar-refractivity contribution in [2.75, 3.05) is 5.73 Å². The zero-order chi connectivity index (χ0) is 13.1. The number of halogens is 1. The molecule has 0 spiro atoms. The zero-order valence-corrected chi connectivity index (χ0v) is 12.5. The van der Waals surface area contributed by atoms with E-state index in [9.17, 15) is 0 Å². The Balaban J connectivity index is 2.40. The quantitative estimate of drug-likeness (QED) is 0.878. The van der Waals surface area contributed by atoms with Crippen molar-refractivity contribution in [3.63, 3.8) is 0 Å². The smallest absolute Gasteiger partial charge is 0.131 e.